The van der Waals surface area contributed by atoms with Crippen LogP contribution in [0.5, 0.6) is 0 Å². The van der Waals surface area contributed by atoms with Crippen LogP contribution in [0.1, 0.15) is 13.8 Å². The monoisotopic (exact) mass is 232 g/mol. The molecule has 0 aromatic rings. The van der Waals surface area contributed by atoms with Crippen molar-refractivity contribution in [3.63, 3.8) is 0 Å². The summed E-state index contributed by atoms with van der Waals surface area (Å²) in [4.78, 5) is 27.1. The number of methoxy groups -OCH3 is 1. The lowest BCUT2D eigenvalue weighted by molar-refractivity contribution is -0.226. The topological polar surface area (TPSA) is 102 Å². The molecule has 7 nitrogen and oxygen atoms in total. The van der Waals surface area contributed by atoms with E-state index in [2.05, 4.69) is 0 Å². The molecule has 3 atom stereocenters. The summed E-state index contributed by atoms with van der Waals surface area (Å²) in [5.74, 6) is -2.01. The average molecular weight is 232 g/mol. The first-order valence-electron chi connectivity index (χ1n) is 4.91. The summed E-state index contributed by atoms with van der Waals surface area (Å²) >= 11 is 0. The van der Waals surface area contributed by atoms with Gasteiger partial charge >= 0.3 is 11.9 Å². The van der Waals surface area contributed by atoms with Gasteiger partial charge in [0.25, 0.3) is 0 Å². The standard InChI is InChI=1S/C9H16N2O5/c1-4(2)6(8(12)13)11-7(15-3)5(10)9(14)16-11/h4-7H,10H2,1-3H3,(H,12,13). The van der Waals surface area contributed by atoms with Gasteiger partial charge in [-0.1, -0.05) is 18.9 Å². The Labute approximate surface area is 93.1 Å². The van der Waals surface area contributed by atoms with E-state index >= 15 is 0 Å². The van der Waals surface area contributed by atoms with E-state index in [0.29, 0.717) is 0 Å². The second-order valence-electron chi connectivity index (χ2n) is 3.95. The van der Waals surface area contributed by atoms with Gasteiger partial charge < -0.3 is 20.4 Å². The van der Waals surface area contributed by atoms with Crippen molar-refractivity contribution in [2.75, 3.05) is 7.11 Å². The molecule has 0 aliphatic carbocycles. The number of hydrogen-bond acceptors (Lipinski definition) is 6. The first-order valence-corrected chi connectivity index (χ1v) is 4.91. The van der Waals surface area contributed by atoms with Gasteiger partial charge in [-0.2, -0.15) is 0 Å². The van der Waals surface area contributed by atoms with E-state index in [9.17, 15) is 9.59 Å². The Morgan fingerprint density at radius 2 is 2.19 bits per heavy atom. The molecule has 1 saturated heterocycles. The molecule has 0 radical (unpaired) electrons. The van der Waals surface area contributed by atoms with Crippen LogP contribution in [0.25, 0.3) is 0 Å². The van der Waals surface area contributed by atoms with Crippen LogP contribution in [-0.4, -0.2) is 47.5 Å². The van der Waals surface area contributed by atoms with Crippen LogP contribution in [0, 0.1) is 5.92 Å². The second-order valence-corrected chi connectivity index (χ2v) is 3.95. The molecule has 0 bridgehead atoms. The third-order valence-corrected chi connectivity index (χ3v) is 2.43. The highest BCUT2D eigenvalue weighted by atomic mass is 16.8. The van der Waals surface area contributed by atoms with Crippen LogP contribution >= 0.6 is 0 Å². The maximum atomic E-state index is 11.2. The van der Waals surface area contributed by atoms with Crippen LogP contribution in [0.3, 0.4) is 0 Å². The van der Waals surface area contributed by atoms with Crippen LogP contribution in [0.4, 0.5) is 0 Å². The summed E-state index contributed by atoms with van der Waals surface area (Å²) in [7, 11) is 1.35. The van der Waals surface area contributed by atoms with E-state index in [4.69, 9.17) is 20.4 Å². The lowest BCUT2D eigenvalue weighted by Gasteiger charge is -2.28. The maximum Gasteiger partial charge on any atom is 0.346 e. The number of nitrogens with zero attached hydrogens (tertiary/aromatic N) is 1. The number of hydrogen-bond donors (Lipinski definition) is 2. The summed E-state index contributed by atoms with van der Waals surface area (Å²) in [6, 6.07) is -1.95. The molecule has 1 aliphatic heterocycles. The van der Waals surface area contributed by atoms with Crippen molar-refractivity contribution < 1.29 is 24.3 Å². The Kier molecular flexibility index (Phi) is 3.84. The minimum Gasteiger partial charge on any atom is -0.480 e. The molecule has 0 saturated carbocycles. The van der Waals surface area contributed by atoms with Gasteiger partial charge in [-0.15, -0.1) is 0 Å². The number of carboxylic acids is 1. The minimum absolute atomic E-state index is 0.242. The van der Waals surface area contributed by atoms with Gasteiger partial charge in [0.2, 0.25) is 0 Å². The molecule has 1 aliphatic rings. The van der Waals surface area contributed by atoms with Crippen LogP contribution < -0.4 is 5.73 Å². The smallest absolute Gasteiger partial charge is 0.346 e. The zero-order chi connectivity index (χ0) is 12.5. The van der Waals surface area contributed by atoms with E-state index < -0.39 is 30.3 Å². The zero-order valence-corrected chi connectivity index (χ0v) is 9.41. The van der Waals surface area contributed by atoms with Crippen molar-refractivity contribution in [3.05, 3.63) is 0 Å². The molecule has 0 amide bonds. The quantitative estimate of drug-likeness (QED) is 0.652. The molecule has 1 fully saturated rings. The van der Waals surface area contributed by atoms with Gasteiger partial charge in [-0.05, 0) is 5.92 Å². The van der Waals surface area contributed by atoms with E-state index in [1.807, 2.05) is 0 Å². The highest BCUT2D eigenvalue weighted by Crippen LogP contribution is 2.23. The van der Waals surface area contributed by atoms with Crippen molar-refractivity contribution in [3.8, 4) is 0 Å². The SMILES string of the molecule is COC1C(N)C(=O)ON1C(C(=O)O)C(C)C. The number of rotatable bonds is 4. The molecular formula is C9H16N2O5. The molecule has 16 heavy (non-hydrogen) atoms. The molecule has 0 spiro atoms. The Hall–Kier alpha value is -1.18. The number of nitrogens with two attached hydrogens (primary N) is 1. The van der Waals surface area contributed by atoms with Crippen molar-refractivity contribution in [1.29, 1.82) is 0 Å². The predicted molar refractivity (Wildman–Crippen MR) is 53.0 cm³/mol. The Morgan fingerprint density at radius 1 is 1.62 bits per heavy atom. The minimum atomic E-state index is -1.08. The van der Waals surface area contributed by atoms with E-state index in [0.717, 1.165) is 5.06 Å². The number of carbonyl (C=O) groups is 2. The zero-order valence-electron chi connectivity index (χ0n) is 9.41. The van der Waals surface area contributed by atoms with Gasteiger partial charge in [0, 0.05) is 7.11 Å². The van der Waals surface area contributed by atoms with Gasteiger partial charge in [-0.3, -0.25) is 4.79 Å². The summed E-state index contributed by atoms with van der Waals surface area (Å²) in [6.07, 6.45) is -0.865. The Balaban J connectivity index is 2.93. The lowest BCUT2D eigenvalue weighted by Crippen LogP contribution is -2.50. The molecular weight excluding hydrogens is 216 g/mol. The highest BCUT2D eigenvalue weighted by molar-refractivity contribution is 5.79. The summed E-state index contributed by atoms with van der Waals surface area (Å²) < 4.78 is 4.98. The fourth-order valence-corrected chi connectivity index (χ4v) is 1.64. The van der Waals surface area contributed by atoms with E-state index in [1.54, 1.807) is 13.8 Å². The summed E-state index contributed by atoms with van der Waals surface area (Å²) in [5, 5.41) is 10.1. The van der Waals surface area contributed by atoms with Crippen LogP contribution in [-0.2, 0) is 19.2 Å². The normalized spacial score (nSPS) is 28.2. The van der Waals surface area contributed by atoms with Gasteiger partial charge in [0.15, 0.2) is 6.23 Å². The molecule has 1 heterocycles. The molecule has 3 unspecified atom stereocenters. The maximum absolute atomic E-state index is 11.2. The summed E-state index contributed by atoms with van der Waals surface area (Å²) in [6.45, 7) is 3.42. The van der Waals surface area contributed by atoms with Gasteiger partial charge in [-0.25, -0.2) is 4.79 Å². The molecule has 92 valence electrons. The van der Waals surface area contributed by atoms with E-state index in [-0.39, 0.29) is 5.92 Å². The van der Waals surface area contributed by atoms with Crippen molar-refractivity contribution in [2.45, 2.75) is 32.2 Å². The third-order valence-electron chi connectivity index (χ3n) is 2.43. The highest BCUT2D eigenvalue weighted by Gasteiger charge is 2.48. The number of aliphatic carboxylic acids is 1. The first kappa shape index (κ1) is 12.9. The summed E-state index contributed by atoms with van der Waals surface area (Å²) in [5.41, 5.74) is 5.53. The molecule has 0 aromatic heterocycles. The molecule has 3 N–H and O–H groups in total. The average Bonchev–Trinajstić information content (AvgIpc) is 2.41. The molecule has 1 rings (SSSR count). The van der Waals surface area contributed by atoms with E-state index in [1.165, 1.54) is 7.11 Å². The lowest BCUT2D eigenvalue weighted by atomic mass is 10.0. The third kappa shape index (κ3) is 2.16. The number of ether oxygens (including phenoxy) is 1. The van der Waals surface area contributed by atoms with Crippen molar-refractivity contribution in [2.24, 2.45) is 11.7 Å². The largest absolute Gasteiger partial charge is 0.480 e. The Bertz CT molecular complexity index is 294. The predicted octanol–water partition coefficient (Wildman–Crippen LogP) is -0.831. The van der Waals surface area contributed by atoms with Gasteiger partial charge in [0.05, 0.1) is 0 Å². The van der Waals surface area contributed by atoms with Crippen molar-refractivity contribution >= 4 is 11.9 Å². The number of carboxylic acid groups (broad SMARTS) is 1. The molecule has 7 heteroatoms. The van der Waals surface area contributed by atoms with Gasteiger partial charge in [0.1, 0.15) is 12.1 Å². The van der Waals surface area contributed by atoms with Crippen molar-refractivity contribution in [1.82, 2.24) is 5.06 Å². The fraction of sp³-hybridized carbons (Fsp3) is 0.778. The number of carbonyl (C=O) groups excluding carboxylic acids is 1. The van der Waals surface area contributed by atoms with Crippen LogP contribution in [0.2, 0.25) is 0 Å². The first-order chi connectivity index (χ1) is 7.40. The number of hydroxylamine groups is 2. The molecule has 0 aromatic carbocycles. The Morgan fingerprint density at radius 3 is 2.56 bits per heavy atom. The second kappa shape index (κ2) is 4.77. The van der Waals surface area contributed by atoms with Crippen LogP contribution in [0.15, 0.2) is 0 Å². The fourth-order valence-electron chi connectivity index (χ4n) is 1.64.